The number of hydrogen-bond donors (Lipinski definition) is 2. The molecule has 0 aliphatic rings. The zero-order valence-corrected chi connectivity index (χ0v) is 11.7. The van der Waals surface area contributed by atoms with Gasteiger partial charge >= 0.3 is 12.1 Å². The first-order valence-electron chi connectivity index (χ1n) is 5.86. The summed E-state index contributed by atoms with van der Waals surface area (Å²) in [6.45, 7) is 2.14. The zero-order valence-electron chi connectivity index (χ0n) is 11.7. The van der Waals surface area contributed by atoms with E-state index < -0.39 is 23.6 Å². The monoisotopic (exact) mass is 304 g/mol. The van der Waals surface area contributed by atoms with Crippen LogP contribution in [0.4, 0.5) is 18.9 Å². The van der Waals surface area contributed by atoms with Gasteiger partial charge in [-0.1, -0.05) is 6.07 Å². The number of esters is 1. The third-order valence-corrected chi connectivity index (χ3v) is 2.97. The van der Waals surface area contributed by atoms with Gasteiger partial charge in [-0.2, -0.15) is 13.2 Å². The molecule has 0 heterocycles. The molecule has 1 unspecified atom stereocenters. The lowest BCUT2D eigenvalue weighted by Crippen LogP contribution is -2.59. The maximum atomic E-state index is 12.7. The van der Waals surface area contributed by atoms with Gasteiger partial charge in [0.25, 0.3) is 5.91 Å². The van der Waals surface area contributed by atoms with Crippen LogP contribution in [0.3, 0.4) is 0 Å². The molecule has 1 atom stereocenters. The van der Waals surface area contributed by atoms with Crippen LogP contribution >= 0.6 is 0 Å². The highest BCUT2D eigenvalue weighted by atomic mass is 19.4. The molecule has 21 heavy (non-hydrogen) atoms. The van der Waals surface area contributed by atoms with Crippen molar-refractivity contribution in [1.29, 1.82) is 0 Å². The average Bonchev–Trinajstić information content (AvgIpc) is 2.38. The summed E-state index contributed by atoms with van der Waals surface area (Å²) in [4.78, 5) is 23.1. The predicted molar refractivity (Wildman–Crippen MR) is 69.8 cm³/mol. The lowest BCUT2D eigenvalue weighted by molar-refractivity contribution is -0.184. The van der Waals surface area contributed by atoms with E-state index in [-0.39, 0.29) is 11.3 Å². The number of benzene rings is 1. The first kappa shape index (κ1) is 17.0. The third-order valence-electron chi connectivity index (χ3n) is 2.97. The van der Waals surface area contributed by atoms with Crippen LogP contribution in [0.25, 0.3) is 0 Å². The van der Waals surface area contributed by atoms with E-state index in [4.69, 9.17) is 5.73 Å². The van der Waals surface area contributed by atoms with E-state index in [1.54, 1.807) is 6.92 Å². The standard InChI is InChI=1S/C13H15F3N2O3/c1-7-4-5-8(10(19)21-3)6-9(7)18-11(20)12(2,17)13(14,15)16/h4-6H,17H2,1-3H3,(H,18,20). The van der Waals surface area contributed by atoms with Crippen LogP contribution in [0.1, 0.15) is 22.8 Å². The van der Waals surface area contributed by atoms with Gasteiger partial charge in [0.15, 0.2) is 5.54 Å². The van der Waals surface area contributed by atoms with Crippen molar-refractivity contribution in [1.82, 2.24) is 0 Å². The number of ether oxygens (including phenoxy) is 1. The number of hydrogen-bond acceptors (Lipinski definition) is 4. The SMILES string of the molecule is COC(=O)c1ccc(C)c(NC(=O)C(C)(N)C(F)(F)F)c1. The van der Waals surface area contributed by atoms with Crippen LogP contribution in [0.2, 0.25) is 0 Å². The Bertz CT molecular complexity index is 568. The second-order valence-electron chi connectivity index (χ2n) is 4.68. The van der Waals surface area contributed by atoms with E-state index in [1.165, 1.54) is 25.3 Å². The first-order valence-corrected chi connectivity index (χ1v) is 5.86. The van der Waals surface area contributed by atoms with Crippen molar-refractivity contribution in [3.8, 4) is 0 Å². The molecular formula is C13H15F3N2O3. The minimum absolute atomic E-state index is 0.0591. The van der Waals surface area contributed by atoms with E-state index in [0.717, 1.165) is 0 Å². The second kappa shape index (κ2) is 5.72. The molecule has 0 saturated carbocycles. The average molecular weight is 304 g/mol. The van der Waals surface area contributed by atoms with Crippen molar-refractivity contribution in [3.05, 3.63) is 29.3 Å². The summed E-state index contributed by atoms with van der Waals surface area (Å²) in [6, 6.07) is 4.14. The Hall–Kier alpha value is -2.09. The molecule has 1 amide bonds. The van der Waals surface area contributed by atoms with E-state index >= 15 is 0 Å². The largest absolute Gasteiger partial charge is 0.465 e. The molecule has 0 radical (unpaired) electrons. The first-order chi connectivity index (χ1) is 9.50. The number of nitrogens with two attached hydrogens (primary N) is 1. The Labute approximate surface area is 119 Å². The molecule has 5 nitrogen and oxygen atoms in total. The number of amides is 1. The third kappa shape index (κ3) is 3.52. The molecule has 0 aromatic heterocycles. The van der Waals surface area contributed by atoms with Crippen molar-refractivity contribution in [2.24, 2.45) is 5.73 Å². The summed E-state index contributed by atoms with van der Waals surface area (Å²) in [5.74, 6) is -2.09. The van der Waals surface area contributed by atoms with Gasteiger partial charge in [-0.3, -0.25) is 4.79 Å². The topological polar surface area (TPSA) is 81.4 Å². The summed E-state index contributed by atoms with van der Waals surface area (Å²) in [5, 5.41) is 2.08. The van der Waals surface area contributed by atoms with Crippen LogP contribution in [-0.2, 0) is 9.53 Å². The normalized spacial score (nSPS) is 14.2. The molecule has 0 saturated heterocycles. The molecule has 3 N–H and O–H groups in total. The van der Waals surface area contributed by atoms with Crippen molar-refractivity contribution >= 4 is 17.6 Å². The second-order valence-corrected chi connectivity index (χ2v) is 4.68. The minimum atomic E-state index is -4.90. The number of aryl methyl sites for hydroxylation is 1. The number of carbonyl (C=O) groups excluding carboxylic acids is 2. The van der Waals surface area contributed by atoms with Gasteiger partial charge in [0.05, 0.1) is 12.7 Å². The fourth-order valence-electron chi connectivity index (χ4n) is 1.38. The molecule has 0 spiro atoms. The van der Waals surface area contributed by atoms with Crippen LogP contribution in [0, 0.1) is 6.92 Å². The lowest BCUT2D eigenvalue weighted by Gasteiger charge is -2.26. The maximum absolute atomic E-state index is 12.7. The molecule has 0 bridgehead atoms. The van der Waals surface area contributed by atoms with Crippen molar-refractivity contribution < 1.29 is 27.5 Å². The summed E-state index contributed by atoms with van der Waals surface area (Å²) in [7, 11) is 1.17. The zero-order chi connectivity index (χ0) is 16.4. The van der Waals surface area contributed by atoms with Gasteiger partial charge in [-0.25, -0.2) is 4.79 Å². The Morgan fingerprint density at radius 1 is 1.29 bits per heavy atom. The van der Waals surface area contributed by atoms with Gasteiger partial charge in [-0.15, -0.1) is 0 Å². The lowest BCUT2D eigenvalue weighted by atomic mass is 10.0. The maximum Gasteiger partial charge on any atom is 0.415 e. The molecule has 0 fully saturated rings. The molecular weight excluding hydrogens is 289 g/mol. The Kier molecular flexibility index (Phi) is 4.62. The van der Waals surface area contributed by atoms with Crippen LogP contribution in [0.15, 0.2) is 18.2 Å². The summed E-state index contributed by atoms with van der Waals surface area (Å²) in [5.41, 5.74) is 2.63. The number of carbonyl (C=O) groups is 2. The van der Waals surface area contributed by atoms with E-state index in [1.807, 2.05) is 0 Å². The quantitative estimate of drug-likeness (QED) is 0.837. The number of anilines is 1. The van der Waals surface area contributed by atoms with E-state index in [2.05, 4.69) is 10.1 Å². The highest BCUT2D eigenvalue weighted by molar-refractivity contribution is 6.00. The Balaban J connectivity index is 3.08. The van der Waals surface area contributed by atoms with Gasteiger partial charge in [-0.05, 0) is 31.5 Å². The van der Waals surface area contributed by atoms with Gasteiger partial charge in [0.2, 0.25) is 0 Å². The van der Waals surface area contributed by atoms with Crippen LogP contribution < -0.4 is 11.1 Å². The Morgan fingerprint density at radius 3 is 2.33 bits per heavy atom. The smallest absolute Gasteiger partial charge is 0.415 e. The molecule has 1 aromatic carbocycles. The molecule has 1 aromatic rings. The fraction of sp³-hybridized carbons (Fsp3) is 0.385. The summed E-state index contributed by atoms with van der Waals surface area (Å²) >= 11 is 0. The molecule has 0 aliphatic carbocycles. The van der Waals surface area contributed by atoms with Crippen molar-refractivity contribution in [3.63, 3.8) is 0 Å². The number of halogens is 3. The molecule has 0 aliphatic heterocycles. The molecule has 116 valence electrons. The van der Waals surface area contributed by atoms with E-state index in [9.17, 15) is 22.8 Å². The van der Waals surface area contributed by atoms with Gasteiger partial charge in [0.1, 0.15) is 0 Å². The number of rotatable bonds is 3. The van der Waals surface area contributed by atoms with E-state index in [0.29, 0.717) is 12.5 Å². The van der Waals surface area contributed by atoms with Crippen molar-refractivity contribution in [2.45, 2.75) is 25.6 Å². The van der Waals surface area contributed by atoms with Gasteiger partial charge < -0.3 is 15.8 Å². The fourth-order valence-corrected chi connectivity index (χ4v) is 1.38. The summed E-state index contributed by atoms with van der Waals surface area (Å²) in [6.07, 6.45) is -4.90. The minimum Gasteiger partial charge on any atom is -0.465 e. The molecule has 1 rings (SSSR count). The van der Waals surface area contributed by atoms with Crippen LogP contribution in [-0.4, -0.2) is 30.7 Å². The predicted octanol–water partition coefficient (Wildman–Crippen LogP) is 2.00. The number of nitrogens with one attached hydrogen (secondary N) is 1. The number of alkyl halides is 3. The highest BCUT2D eigenvalue weighted by Gasteiger charge is 2.54. The number of methoxy groups -OCH3 is 1. The van der Waals surface area contributed by atoms with Gasteiger partial charge in [0, 0.05) is 5.69 Å². The van der Waals surface area contributed by atoms with Crippen LogP contribution in [0.5, 0.6) is 0 Å². The molecule has 8 heteroatoms. The summed E-state index contributed by atoms with van der Waals surface area (Å²) < 4.78 is 42.6. The van der Waals surface area contributed by atoms with Crippen molar-refractivity contribution in [2.75, 3.05) is 12.4 Å². The highest BCUT2D eigenvalue weighted by Crippen LogP contribution is 2.29. The Morgan fingerprint density at radius 2 is 1.86 bits per heavy atom.